The molecule has 0 radical (unpaired) electrons. The standard InChI is InChI=1S/C15H20F2N2O/c16-12-5-6-14(17)13(7-12)15(20)19-9-11-4-2-1-3-10(11)8-18/h5-7,10-11H,1-4,8-9,18H2,(H,19,20). The summed E-state index contributed by atoms with van der Waals surface area (Å²) in [4.78, 5) is 11.9. The summed E-state index contributed by atoms with van der Waals surface area (Å²) in [6, 6.07) is 2.89. The van der Waals surface area contributed by atoms with Gasteiger partial charge in [0.2, 0.25) is 0 Å². The van der Waals surface area contributed by atoms with Crippen LogP contribution in [0.25, 0.3) is 0 Å². The molecule has 1 saturated carbocycles. The molecule has 1 amide bonds. The van der Waals surface area contributed by atoms with Gasteiger partial charge < -0.3 is 11.1 Å². The number of benzene rings is 1. The largest absolute Gasteiger partial charge is 0.352 e. The van der Waals surface area contributed by atoms with Crippen molar-refractivity contribution in [3.05, 3.63) is 35.4 Å². The molecule has 0 aromatic heterocycles. The zero-order valence-corrected chi connectivity index (χ0v) is 11.4. The molecule has 5 heteroatoms. The highest BCUT2D eigenvalue weighted by molar-refractivity contribution is 5.94. The van der Waals surface area contributed by atoms with Gasteiger partial charge in [0.25, 0.3) is 5.91 Å². The Hall–Kier alpha value is -1.49. The first-order chi connectivity index (χ1) is 9.61. The van der Waals surface area contributed by atoms with Gasteiger partial charge in [0, 0.05) is 6.54 Å². The number of nitrogens with one attached hydrogen (secondary N) is 1. The molecule has 3 N–H and O–H groups in total. The minimum atomic E-state index is -0.706. The molecule has 1 aliphatic carbocycles. The monoisotopic (exact) mass is 282 g/mol. The Bertz CT molecular complexity index is 479. The van der Waals surface area contributed by atoms with Crippen LogP contribution in [0.3, 0.4) is 0 Å². The molecular weight excluding hydrogens is 262 g/mol. The predicted octanol–water partition coefficient (Wildman–Crippen LogP) is 2.46. The average molecular weight is 282 g/mol. The molecule has 1 aliphatic rings. The van der Waals surface area contributed by atoms with Crippen LogP contribution >= 0.6 is 0 Å². The van der Waals surface area contributed by atoms with Gasteiger partial charge in [-0.1, -0.05) is 12.8 Å². The number of carbonyl (C=O) groups is 1. The molecular formula is C15H20F2N2O. The van der Waals surface area contributed by atoms with E-state index in [0.29, 0.717) is 24.9 Å². The molecule has 2 atom stereocenters. The maximum atomic E-state index is 13.5. The van der Waals surface area contributed by atoms with Crippen LogP contribution in [-0.2, 0) is 0 Å². The third-order valence-corrected chi connectivity index (χ3v) is 4.07. The summed E-state index contributed by atoms with van der Waals surface area (Å²) < 4.78 is 26.5. The quantitative estimate of drug-likeness (QED) is 0.891. The minimum absolute atomic E-state index is 0.245. The van der Waals surface area contributed by atoms with Gasteiger partial charge in [-0.25, -0.2) is 8.78 Å². The van der Waals surface area contributed by atoms with Crippen LogP contribution in [0.5, 0.6) is 0 Å². The van der Waals surface area contributed by atoms with Gasteiger partial charge in [-0.2, -0.15) is 0 Å². The summed E-state index contributed by atoms with van der Waals surface area (Å²) in [5.74, 6) is -1.16. The van der Waals surface area contributed by atoms with Crippen LogP contribution in [-0.4, -0.2) is 19.0 Å². The summed E-state index contributed by atoms with van der Waals surface area (Å²) in [6.07, 6.45) is 4.40. The number of hydrogen-bond acceptors (Lipinski definition) is 2. The lowest BCUT2D eigenvalue weighted by molar-refractivity contribution is 0.0930. The number of nitrogens with two attached hydrogens (primary N) is 1. The van der Waals surface area contributed by atoms with E-state index < -0.39 is 17.5 Å². The van der Waals surface area contributed by atoms with Crippen LogP contribution in [0.2, 0.25) is 0 Å². The lowest BCUT2D eigenvalue weighted by Gasteiger charge is -2.30. The summed E-state index contributed by atoms with van der Waals surface area (Å²) >= 11 is 0. The first-order valence-corrected chi connectivity index (χ1v) is 7.05. The van der Waals surface area contributed by atoms with E-state index >= 15 is 0 Å². The Balaban J connectivity index is 1.96. The molecule has 3 nitrogen and oxygen atoms in total. The summed E-state index contributed by atoms with van der Waals surface area (Å²) in [5.41, 5.74) is 5.49. The third-order valence-electron chi connectivity index (χ3n) is 4.07. The first-order valence-electron chi connectivity index (χ1n) is 7.05. The first kappa shape index (κ1) is 14.9. The zero-order valence-electron chi connectivity index (χ0n) is 11.4. The second-order valence-electron chi connectivity index (χ2n) is 5.37. The molecule has 20 heavy (non-hydrogen) atoms. The van der Waals surface area contributed by atoms with Gasteiger partial charge in [-0.15, -0.1) is 0 Å². The fourth-order valence-corrected chi connectivity index (χ4v) is 2.85. The third kappa shape index (κ3) is 3.54. The molecule has 0 spiro atoms. The van der Waals surface area contributed by atoms with Gasteiger partial charge in [0.05, 0.1) is 5.56 Å². The number of halogens is 2. The maximum Gasteiger partial charge on any atom is 0.254 e. The topological polar surface area (TPSA) is 55.1 Å². The number of carbonyl (C=O) groups excluding carboxylic acids is 1. The van der Waals surface area contributed by atoms with Gasteiger partial charge in [-0.05, 0) is 49.4 Å². The molecule has 1 fully saturated rings. The Labute approximate surface area is 117 Å². The molecule has 0 heterocycles. The highest BCUT2D eigenvalue weighted by atomic mass is 19.1. The molecule has 2 unspecified atom stereocenters. The minimum Gasteiger partial charge on any atom is -0.352 e. The highest BCUT2D eigenvalue weighted by Crippen LogP contribution is 2.28. The van der Waals surface area contributed by atoms with E-state index in [2.05, 4.69) is 5.32 Å². The Morgan fingerprint density at radius 2 is 1.95 bits per heavy atom. The summed E-state index contributed by atoms with van der Waals surface area (Å²) in [5, 5.41) is 2.70. The Kier molecular flexibility index (Phi) is 5.06. The average Bonchev–Trinajstić information content (AvgIpc) is 2.47. The van der Waals surface area contributed by atoms with Crippen LogP contribution in [0.1, 0.15) is 36.0 Å². The van der Waals surface area contributed by atoms with Crippen molar-refractivity contribution >= 4 is 5.91 Å². The molecule has 0 saturated heterocycles. The van der Waals surface area contributed by atoms with Crippen LogP contribution in [0.15, 0.2) is 18.2 Å². The second kappa shape index (κ2) is 6.79. The zero-order chi connectivity index (χ0) is 14.5. The van der Waals surface area contributed by atoms with E-state index in [1.807, 2.05) is 0 Å². The molecule has 1 aromatic rings. The van der Waals surface area contributed by atoms with Crippen molar-refractivity contribution in [1.82, 2.24) is 5.32 Å². The molecule has 0 aliphatic heterocycles. The van der Waals surface area contributed by atoms with Crippen molar-refractivity contribution in [3.8, 4) is 0 Å². The van der Waals surface area contributed by atoms with Gasteiger partial charge >= 0.3 is 0 Å². The smallest absolute Gasteiger partial charge is 0.254 e. The van der Waals surface area contributed by atoms with Crippen molar-refractivity contribution in [2.75, 3.05) is 13.1 Å². The Morgan fingerprint density at radius 1 is 1.25 bits per heavy atom. The normalized spacial score (nSPS) is 22.6. The number of hydrogen-bond donors (Lipinski definition) is 2. The maximum absolute atomic E-state index is 13.5. The van der Waals surface area contributed by atoms with E-state index in [1.54, 1.807) is 0 Å². The van der Waals surface area contributed by atoms with Crippen molar-refractivity contribution in [2.24, 2.45) is 17.6 Å². The van der Waals surface area contributed by atoms with E-state index in [-0.39, 0.29) is 5.56 Å². The van der Waals surface area contributed by atoms with Gasteiger partial charge in [0.1, 0.15) is 11.6 Å². The predicted molar refractivity (Wildman–Crippen MR) is 73.2 cm³/mol. The SMILES string of the molecule is NCC1CCCCC1CNC(=O)c1cc(F)ccc1F. The van der Waals surface area contributed by atoms with E-state index in [0.717, 1.165) is 37.5 Å². The number of amides is 1. The van der Waals surface area contributed by atoms with Crippen LogP contribution in [0, 0.1) is 23.5 Å². The van der Waals surface area contributed by atoms with Crippen molar-refractivity contribution < 1.29 is 13.6 Å². The lowest BCUT2D eigenvalue weighted by Crippen LogP contribution is -2.37. The lowest BCUT2D eigenvalue weighted by atomic mass is 9.79. The van der Waals surface area contributed by atoms with Gasteiger partial charge in [0.15, 0.2) is 0 Å². The summed E-state index contributed by atoms with van der Waals surface area (Å²) in [6.45, 7) is 1.07. The van der Waals surface area contributed by atoms with Gasteiger partial charge in [-0.3, -0.25) is 4.79 Å². The molecule has 2 rings (SSSR count). The van der Waals surface area contributed by atoms with Crippen molar-refractivity contribution in [2.45, 2.75) is 25.7 Å². The number of rotatable bonds is 4. The van der Waals surface area contributed by atoms with Crippen molar-refractivity contribution in [1.29, 1.82) is 0 Å². The van der Waals surface area contributed by atoms with E-state index in [4.69, 9.17) is 5.73 Å². The van der Waals surface area contributed by atoms with E-state index in [1.165, 1.54) is 6.42 Å². The highest BCUT2D eigenvalue weighted by Gasteiger charge is 2.24. The molecule has 110 valence electrons. The Morgan fingerprint density at radius 3 is 2.65 bits per heavy atom. The summed E-state index contributed by atoms with van der Waals surface area (Å²) in [7, 11) is 0. The van der Waals surface area contributed by atoms with E-state index in [9.17, 15) is 13.6 Å². The van der Waals surface area contributed by atoms with Crippen molar-refractivity contribution in [3.63, 3.8) is 0 Å². The molecule has 0 bridgehead atoms. The van der Waals surface area contributed by atoms with Crippen LogP contribution < -0.4 is 11.1 Å². The second-order valence-corrected chi connectivity index (χ2v) is 5.37. The fraction of sp³-hybridized carbons (Fsp3) is 0.533. The molecule has 1 aromatic carbocycles. The fourth-order valence-electron chi connectivity index (χ4n) is 2.85. The van der Waals surface area contributed by atoms with Crippen LogP contribution in [0.4, 0.5) is 8.78 Å².